The van der Waals surface area contributed by atoms with Crippen molar-refractivity contribution in [1.29, 1.82) is 0 Å². The largest absolute Gasteiger partial charge is 0.481 e. The maximum Gasteiger partial charge on any atom is 0.303 e. The van der Waals surface area contributed by atoms with Gasteiger partial charge in [0.25, 0.3) is 0 Å². The summed E-state index contributed by atoms with van der Waals surface area (Å²) in [4.78, 5) is 10.5. The lowest BCUT2D eigenvalue weighted by Crippen LogP contribution is -2.17. The van der Waals surface area contributed by atoms with E-state index in [0.717, 1.165) is 32.1 Å². The van der Waals surface area contributed by atoms with E-state index in [0.29, 0.717) is 11.8 Å². The van der Waals surface area contributed by atoms with Crippen LogP contribution in [0.3, 0.4) is 0 Å². The van der Waals surface area contributed by atoms with Crippen LogP contribution < -0.4 is 0 Å². The van der Waals surface area contributed by atoms with E-state index in [4.69, 9.17) is 5.11 Å². The SMILES string of the molecule is CCCCC/C=C\C/C=C\[C@H]1CC(C)=C(C)C[C@H]1/C=C\C/C=C\CCCC(=O)O. The molecule has 0 bridgehead atoms. The molecule has 0 saturated heterocycles. The van der Waals surface area contributed by atoms with Crippen LogP contribution in [0.15, 0.2) is 59.8 Å². The Morgan fingerprint density at radius 1 is 0.828 bits per heavy atom. The molecule has 0 aliphatic heterocycles. The minimum atomic E-state index is -0.708. The molecule has 0 fully saturated rings. The molecule has 29 heavy (non-hydrogen) atoms. The van der Waals surface area contributed by atoms with Crippen molar-refractivity contribution in [3.8, 4) is 0 Å². The molecule has 0 heterocycles. The van der Waals surface area contributed by atoms with E-state index in [1.807, 2.05) is 0 Å². The Kier molecular flexibility index (Phi) is 13.9. The Balaban J connectivity index is 2.45. The highest BCUT2D eigenvalue weighted by Crippen LogP contribution is 2.35. The van der Waals surface area contributed by atoms with Crippen molar-refractivity contribution in [3.05, 3.63) is 59.8 Å². The van der Waals surface area contributed by atoms with Crippen molar-refractivity contribution in [3.63, 3.8) is 0 Å². The molecule has 1 N–H and O–H groups in total. The number of carboxylic acid groups (broad SMARTS) is 1. The molecule has 1 aliphatic carbocycles. The summed E-state index contributed by atoms with van der Waals surface area (Å²) < 4.78 is 0. The smallest absolute Gasteiger partial charge is 0.303 e. The lowest BCUT2D eigenvalue weighted by Gasteiger charge is -2.29. The molecule has 0 aromatic rings. The summed E-state index contributed by atoms with van der Waals surface area (Å²) in [5.41, 5.74) is 3.10. The Bertz CT molecular complexity index is 604. The molecule has 1 aliphatic rings. The highest BCUT2D eigenvalue weighted by molar-refractivity contribution is 5.66. The van der Waals surface area contributed by atoms with Crippen molar-refractivity contribution in [2.45, 2.75) is 91.4 Å². The van der Waals surface area contributed by atoms with Crippen LogP contribution in [0.25, 0.3) is 0 Å². The summed E-state index contributed by atoms with van der Waals surface area (Å²) in [5.74, 6) is 0.479. The summed E-state index contributed by atoms with van der Waals surface area (Å²) in [6.07, 6.45) is 29.6. The number of aliphatic carboxylic acids is 1. The van der Waals surface area contributed by atoms with Crippen molar-refractivity contribution in [2.24, 2.45) is 11.8 Å². The molecule has 0 unspecified atom stereocenters. The fourth-order valence-electron chi connectivity index (χ4n) is 3.76. The molecule has 0 spiro atoms. The van der Waals surface area contributed by atoms with Gasteiger partial charge in [0.1, 0.15) is 0 Å². The Morgan fingerprint density at radius 2 is 1.34 bits per heavy atom. The molecule has 0 radical (unpaired) electrons. The van der Waals surface area contributed by atoms with Crippen LogP contribution in [0.2, 0.25) is 0 Å². The van der Waals surface area contributed by atoms with E-state index in [1.54, 1.807) is 11.1 Å². The topological polar surface area (TPSA) is 37.3 Å². The first-order valence-electron chi connectivity index (χ1n) is 11.5. The third-order valence-corrected chi connectivity index (χ3v) is 5.74. The molecule has 0 aromatic carbocycles. The van der Waals surface area contributed by atoms with Gasteiger partial charge in [-0.3, -0.25) is 4.79 Å². The third kappa shape index (κ3) is 12.4. The summed E-state index contributed by atoms with van der Waals surface area (Å²) in [6.45, 7) is 6.81. The lowest BCUT2D eigenvalue weighted by atomic mass is 9.76. The highest BCUT2D eigenvalue weighted by atomic mass is 16.4. The van der Waals surface area contributed by atoms with Crippen LogP contribution in [-0.4, -0.2) is 11.1 Å². The summed E-state index contributed by atoms with van der Waals surface area (Å²) in [6, 6.07) is 0. The zero-order valence-electron chi connectivity index (χ0n) is 18.9. The van der Waals surface area contributed by atoms with E-state index in [9.17, 15) is 4.79 Å². The molecular weight excluding hydrogens is 356 g/mol. The van der Waals surface area contributed by atoms with Gasteiger partial charge in [0.05, 0.1) is 0 Å². The number of carbonyl (C=O) groups is 1. The normalized spacial score (nSPS) is 20.8. The van der Waals surface area contributed by atoms with Crippen molar-refractivity contribution >= 4 is 5.97 Å². The summed E-state index contributed by atoms with van der Waals surface area (Å²) in [7, 11) is 0. The fourth-order valence-corrected chi connectivity index (χ4v) is 3.76. The van der Waals surface area contributed by atoms with Gasteiger partial charge in [-0.2, -0.15) is 0 Å². The molecule has 2 atom stereocenters. The van der Waals surface area contributed by atoms with Crippen LogP contribution in [-0.2, 0) is 4.79 Å². The van der Waals surface area contributed by atoms with Crippen LogP contribution in [0, 0.1) is 11.8 Å². The fraction of sp³-hybridized carbons (Fsp3) is 0.593. The first-order chi connectivity index (χ1) is 14.0. The Labute approximate surface area is 179 Å². The molecule has 2 nitrogen and oxygen atoms in total. The Hall–Kier alpha value is -1.83. The quantitative estimate of drug-likeness (QED) is 0.236. The van der Waals surface area contributed by atoms with Crippen LogP contribution >= 0.6 is 0 Å². The number of unbranched alkanes of at least 4 members (excludes halogenated alkanes) is 4. The van der Waals surface area contributed by atoms with Gasteiger partial charge in [-0.1, -0.05) is 79.5 Å². The molecule has 0 saturated carbocycles. The van der Waals surface area contributed by atoms with Gasteiger partial charge in [0.15, 0.2) is 0 Å². The molecule has 2 heteroatoms. The van der Waals surface area contributed by atoms with Gasteiger partial charge in [0.2, 0.25) is 0 Å². The van der Waals surface area contributed by atoms with Crippen LogP contribution in [0.4, 0.5) is 0 Å². The average Bonchev–Trinajstić information content (AvgIpc) is 2.68. The third-order valence-electron chi connectivity index (χ3n) is 5.74. The standard InChI is InChI=1S/C27H42O2/c1-4-5-6-7-8-9-12-15-18-25-21-23(2)24(3)22-26(25)19-16-13-10-11-14-17-20-27(28)29/h8-11,15-16,18-19,25-26H,4-7,12-14,17,20-22H2,1-3H3,(H,28,29)/b9-8-,11-10-,18-15-,19-16-/t25-,26+/m0/s1. The zero-order valence-corrected chi connectivity index (χ0v) is 18.9. The molecule has 0 amide bonds. The van der Waals surface area contributed by atoms with Crippen molar-refractivity contribution < 1.29 is 9.90 Å². The van der Waals surface area contributed by atoms with Gasteiger partial charge < -0.3 is 5.11 Å². The maximum absolute atomic E-state index is 10.5. The minimum absolute atomic E-state index is 0.259. The monoisotopic (exact) mass is 398 g/mol. The molecular formula is C27H42O2. The summed E-state index contributed by atoms with van der Waals surface area (Å²) >= 11 is 0. The second kappa shape index (κ2) is 16.0. The van der Waals surface area contributed by atoms with E-state index in [-0.39, 0.29) is 6.42 Å². The predicted octanol–water partition coefficient (Wildman–Crippen LogP) is 8.19. The number of hydrogen-bond acceptors (Lipinski definition) is 1. The van der Waals surface area contributed by atoms with Gasteiger partial charge in [-0.25, -0.2) is 0 Å². The minimum Gasteiger partial charge on any atom is -0.481 e. The number of rotatable bonds is 14. The van der Waals surface area contributed by atoms with Gasteiger partial charge >= 0.3 is 5.97 Å². The summed E-state index contributed by atoms with van der Waals surface area (Å²) in [5, 5.41) is 8.65. The molecule has 162 valence electrons. The van der Waals surface area contributed by atoms with Gasteiger partial charge in [-0.15, -0.1) is 0 Å². The average molecular weight is 399 g/mol. The van der Waals surface area contributed by atoms with Gasteiger partial charge in [0, 0.05) is 6.42 Å². The van der Waals surface area contributed by atoms with Crippen molar-refractivity contribution in [1.82, 2.24) is 0 Å². The zero-order chi connectivity index (χ0) is 21.3. The maximum atomic E-state index is 10.5. The van der Waals surface area contributed by atoms with E-state index in [1.165, 1.54) is 32.1 Å². The number of allylic oxidation sites excluding steroid dienone is 10. The van der Waals surface area contributed by atoms with Crippen LogP contribution in [0.1, 0.15) is 91.4 Å². The van der Waals surface area contributed by atoms with Crippen LogP contribution in [0.5, 0.6) is 0 Å². The first-order valence-corrected chi connectivity index (χ1v) is 11.5. The van der Waals surface area contributed by atoms with Crippen molar-refractivity contribution in [2.75, 3.05) is 0 Å². The second-order valence-electron chi connectivity index (χ2n) is 8.35. The van der Waals surface area contributed by atoms with Gasteiger partial charge in [-0.05, 0) is 77.0 Å². The first kappa shape index (κ1) is 25.2. The number of hydrogen-bond donors (Lipinski definition) is 1. The van der Waals surface area contributed by atoms with E-state index in [2.05, 4.69) is 69.4 Å². The number of carboxylic acids is 1. The molecule has 1 rings (SSSR count). The van der Waals surface area contributed by atoms with E-state index < -0.39 is 5.97 Å². The second-order valence-corrected chi connectivity index (χ2v) is 8.35. The highest BCUT2D eigenvalue weighted by Gasteiger charge is 2.22. The Morgan fingerprint density at radius 3 is 1.83 bits per heavy atom. The lowest BCUT2D eigenvalue weighted by molar-refractivity contribution is -0.137. The van der Waals surface area contributed by atoms with E-state index >= 15 is 0 Å². The molecule has 0 aromatic heterocycles. The predicted molar refractivity (Wildman–Crippen MR) is 126 cm³/mol.